The van der Waals surface area contributed by atoms with Crippen LogP contribution in [0.2, 0.25) is 5.02 Å². The maximum absolute atomic E-state index is 5.87. The molecule has 2 aromatic rings. The summed E-state index contributed by atoms with van der Waals surface area (Å²) >= 11 is 7.57. The molecule has 0 atom stereocenters. The van der Waals surface area contributed by atoms with Crippen molar-refractivity contribution < 1.29 is 0 Å². The van der Waals surface area contributed by atoms with Gasteiger partial charge in [-0.15, -0.1) is 10.2 Å². The summed E-state index contributed by atoms with van der Waals surface area (Å²) in [6.07, 6.45) is 0. The van der Waals surface area contributed by atoms with Crippen LogP contribution in [-0.2, 0) is 5.75 Å². The standard InChI is InChI=1S/C13H16ClN3S/c1-9(2)17-10(3)15-16-13(17)18-8-11-4-6-12(14)7-5-11/h4-7,9H,8H2,1-3H3. The van der Waals surface area contributed by atoms with E-state index in [9.17, 15) is 0 Å². The monoisotopic (exact) mass is 281 g/mol. The number of nitrogens with zero attached hydrogens (tertiary/aromatic N) is 3. The average molecular weight is 282 g/mol. The first kappa shape index (κ1) is 13.4. The smallest absolute Gasteiger partial charge is 0.191 e. The van der Waals surface area contributed by atoms with Crippen LogP contribution in [0.3, 0.4) is 0 Å². The molecule has 1 aromatic heterocycles. The fraction of sp³-hybridized carbons (Fsp3) is 0.385. The Morgan fingerprint density at radius 1 is 1.22 bits per heavy atom. The minimum atomic E-state index is 0.382. The van der Waals surface area contributed by atoms with Crippen LogP contribution in [-0.4, -0.2) is 14.8 Å². The van der Waals surface area contributed by atoms with E-state index in [2.05, 4.69) is 28.6 Å². The molecule has 1 heterocycles. The number of rotatable bonds is 4. The molecule has 0 unspecified atom stereocenters. The number of halogens is 1. The summed E-state index contributed by atoms with van der Waals surface area (Å²) in [5.74, 6) is 1.84. The molecule has 0 bridgehead atoms. The first-order valence-corrected chi connectivity index (χ1v) is 7.23. The van der Waals surface area contributed by atoms with Gasteiger partial charge in [-0.25, -0.2) is 0 Å². The van der Waals surface area contributed by atoms with Crippen LogP contribution in [0, 0.1) is 6.92 Å². The van der Waals surface area contributed by atoms with Gasteiger partial charge in [0.25, 0.3) is 0 Å². The third-order valence-electron chi connectivity index (χ3n) is 2.63. The van der Waals surface area contributed by atoms with Crippen molar-refractivity contribution >= 4 is 23.4 Å². The second-order valence-corrected chi connectivity index (χ2v) is 5.79. The van der Waals surface area contributed by atoms with Gasteiger partial charge in [0.2, 0.25) is 0 Å². The first-order chi connectivity index (χ1) is 8.58. The number of hydrogen-bond acceptors (Lipinski definition) is 3. The molecule has 0 saturated carbocycles. The lowest BCUT2D eigenvalue weighted by molar-refractivity contribution is 0.536. The lowest BCUT2D eigenvalue weighted by Gasteiger charge is -2.11. The summed E-state index contributed by atoms with van der Waals surface area (Å²) in [4.78, 5) is 0. The Morgan fingerprint density at radius 3 is 2.50 bits per heavy atom. The van der Waals surface area contributed by atoms with Gasteiger partial charge in [-0.2, -0.15) is 0 Å². The van der Waals surface area contributed by atoms with Crippen molar-refractivity contribution in [1.82, 2.24) is 14.8 Å². The first-order valence-electron chi connectivity index (χ1n) is 5.86. The molecule has 0 aliphatic rings. The molecule has 0 amide bonds. The summed E-state index contributed by atoms with van der Waals surface area (Å²) in [5.41, 5.74) is 1.24. The number of benzene rings is 1. The maximum atomic E-state index is 5.87. The van der Waals surface area contributed by atoms with Crippen molar-refractivity contribution in [1.29, 1.82) is 0 Å². The minimum absolute atomic E-state index is 0.382. The summed E-state index contributed by atoms with van der Waals surface area (Å²) in [6.45, 7) is 6.27. The number of aromatic nitrogens is 3. The van der Waals surface area contributed by atoms with Gasteiger partial charge in [-0.1, -0.05) is 35.5 Å². The van der Waals surface area contributed by atoms with E-state index in [0.717, 1.165) is 21.8 Å². The van der Waals surface area contributed by atoms with Crippen LogP contribution < -0.4 is 0 Å². The zero-order valence-corrected chi connectivity index (χ0v) is 12.3. The van der Waals surface area contributed by atoms with Gasteiger partial charge in [-0.05, 0) is 38.5 Å². The van der Waals surface area contributed by atoms with Gasteiger partial charge < -0.3 is 4.57 Å². The highest BCUT2D eigenvalue weighted by atomic mass is 35.5. The Balaban J connectivity index is 2.08. The molecule has 0 N–H and O–H groups in total. The predicted molar refractivity (Wildman–Crippen MR) is 76.2 cm³/mol. The van der Waals surface area contributed by atoms with Crippen molar-refractivity contribution in [2.24, 2.45) is 0 Å². The third kappa shape index (κ3) is 3.06. The lowest BCUT2D eigenvalue weighted by Crippen LogP contribution is -2.04. The molecule has 0 aliphatic carbocycles. The lowest BCUT2D eigenvalue weighted by atomic mass is 10.2. The molecule has 1 aromatic carbocycles. The molecule has 5 heteroatoms. The fourth-order valence-corrected chi connectivity index (χ4v) is 2.97. The zero-order valence-electron chi connectivity index (χ0n) is 10.7. The fourth-order valence-electron chi connectivity index (χ4n) is 1.77. The highest BCUT2D eigenvalue weighted by Gasteiger charge is 2.11. The Hall–Kier alpha value is -1.00. The molecule has 18 heavy (non-hydrogen) atoms. The van der Waals surface area contributed by atoms with E-state index in [0.29, 0.717) is 6.04 Å². The zero-order chi connectivity index (χ0) is 13.1. The van der Waals surface area contributed by atoms with Crippen molar-refractivity contribution in [3.63, 3.8) is 0 Å². The molecule has 96 valence electrons. The third-order valence-corrected chi connectivity index (χ3v) is 3.90. The topological polar surface area (TPSA) is 30.7 Å². The summed E-state index contributed by atoms with van der Waals surface area (Å²) in [5, 5.41) is 10.1. The molecule has 0 radical (unpaired) electrons. The van der Waals surface area contributed by atoms with Crippen LogP contribution in [0.15, 0.2) is 29.4 Å². The van der Waals surface area contributed by atoms with Gasteiger partial charge >= 0.3 is 0 Å². The Bertz CT molecular complexity index is 520. The van der Waals surface area contributed by atoms with E-state index >= 15 is 0 Å². The van der Waals surface area contributed by atoms with Gasteiger partial charge in [0, 0.05) is 16.8 Å². The molecule has 0 saturated heterocycles. The second kappa shape index (κ2) is 5.76. The molecule has 0 aliphatic heterocycles. The SMILES string of the molecule is Cc1nnc(SCc2ccc(Cl)cc2)n1C(C)C. The average Bonchev–Trinajstić information content (AvgIpc) is 2.70. The highest BCUT2D eigenvalue weighted by Crippen LogP contribution is 2.25. The molecular formula is C13H16ClN3S. The van der Waals surface area contributed by atoms with E-state index in [1.807, 2.05) is 31.2 Å². The Labute approximate surface area is 117 Å². The predicted octanol–water partition coefficient (Wildman–Crippen LogP) is 4.11. The van der Waals surface area contributed by atoms with Gasteiger partial charge in [-0.3, -0.25) is 0 Å². The number of thioether (sulfide) groups is 1. The number of aryl methyl sites for hydroxylation is 1. The Morgan fingerprint density at radius 2 is 1.89 bits per heavy atom. The van der Waals surface area contributed by atoms with Crippen LogP contribution in [0.5, 0.6) is 0 Å². The summed E-state index contributed by atoms with van der Waals surface area (Å²) < 4.78 is 2.15. The second-order valence-electron chi connectivity index (χ2n) is 4.41. The summed E-state index contributed by atoms with van der Waals surface area (Å²) in [6, 6.07) is 8.29. The van der Waals surface area contributed by atoms with Crippen LogP contribution in [0.25, 0.3) is 0 Å². The van der Waals surface area contributed by atoms with E-state index in [1.54, 1.807) is 11.8 Å². The van der Waals surface area contributed by atoms with Crippen molar-refractivity contribution in [2.75, 3.05) is 0 Å². The molecule has 0 fully saturated rings. The molecule has 3 nitrogen and oxygen atoms in total. The van der Waals surface area contributed by atoms with Crippen LogP contribution >= 0.6 is 23.4 Å². The largest absolute Gasteiger partial charge is 0.304 e. The normalized spacial score (nSPS) is 11.2. The van der Waals surface area contributed by atoms with Gasteiger partial charge in [0.15, 0.2) is 5.16 Å². The van der Waals surface area contributed by atoms with E-state index in [4.69, 9.17) is 11.6 Å². The van der Waals surface area contributed by atoms with Crippen LogP contribution in [0.1, 0.15) is 31.3 Å². The molecular weight excluding hydrogens is 266 g/mol. The molecule has 0 spiro atoms. The molecule has 2 rings (SSSR count). The maximum Gasteiger partial charge on any atom is 0.191 e. The van der Waals surface area contributed by atoms with E-state index in [1.165, 1.54) is 5.56 Å². The highest BCUT2D eigenvalue weighted by molar-refractivity contribution is 7.98. The van der Waals surface area contributed by atoms with Gasteiger partial charge in [0.1, 0.15) is 5.82 Å². The Kier molecular flexibility index (Phi) is 4.30. The van der Waals surface area contributed by atoms with Gasteiger partial charge in [0.05, 0.1) is 0 Å². The van der Waals surface area contributed by atoms with Crippen LogP contribution in [0.4, 0.5) is 0 Å². The minimum Gasteiger partial charge on any atom is -0.304 e. The van der Waals surface area contributed by atoms with Crippen molar-refractivity contribution in [3.8, 4) is 0 Å². The van der Waals surface area contributed by atoms with Crippen molar-refractivity contribution in [3.05, 3.63) is 40.7 Å². The quantitative estimate of drug-likeness (QED) is 0.790. The van der Waals surface area contributed by atoms with E-state index < -0.39 is 0 Å². The summed E-state index contributed by atoms with van der Waals surface area (Å²) in [7, 11) is 0. The van der Waals surface area contributed by atoms with Crippen molar-refractivity contribution in [2.45, 2.75) is 37.7 Å². The number of hydrogen-bond donors (Lipinski definition) is 0. The van der Waals surface area contributed by atoms with E-state index in [-0.39, 0.29) is 0 Å².